The van der Waals surface area contributed by atoms with E-state index in [2.05, 4.69) is 15.3 Å². The van der Waals surface area contributed by atoms with Gasteiger partial charge in [0, 0.05) is 19.1 Å². The summed E-state index contributed by atoms with van der Waals surface area (Å²) in [4.78, 5) is 8.27. The van der Waals surface area contributed by atoms with Crippen molar-refractivity contribution in [3.63, 3.8) is 0 Å². The van der Waals surface area contributed by atoms with E-state index < -0.39 is 10.0 Å². The molecule has 0 amide bonds. The first-order valence-electron chi connectivity index (χ1n) is 7.17. The number of anilines is 1. The minimum atomic E-state index is -3.49. The maximum absolute atomic E-state index is 12.6. The summed E-state index contributed by atoms with van der Waals surface area (Å²) in [6, 6.07) is 0.124. The second-order valence-electron chi connectivity index (χ2n) is 4.92. The maximum atomic E-state index is 12.6. The third-order valence-corrected chi connectivity index (χ3v) is 5.59. The number of nitrogens with zero attached hydrogens (tertiary/aromatic N) is 3. The van der Waals surface area contributed by atoms with Crippen LogP contribution in [0.1, 0.15) is 39.5 Å². The molecule has 1 saturated carbocycles. The van der Waals surface area contributed by atoms with E-state index in [4.69, 9.17) is 0 Å². The lowest BCUT2D eigenvalue weighted by molar-refractivity contribution is 0.335. The van der Waals surface area contributed by atoms with E-state index in [1.54, 1.807) is 4.31 Å². The van der Waals surface area contributed by atoms with Crippen LogP contribution in [0.25, 0.3) is 0 Å². The van der Waals surface area contributed by atoms with Gasteiger partial charge in [-0.25, -0.2) is 18.4 Å². The molecule has 1 fully saturated rings. The van der Waals surface area contributed by atoms with Gasteiger partial charge in [-0.2, -0.15) is 4.31 Å². The number of rotatable bonds is 6. The molecular weight excluding hydrogens is 276 g/mol. The Hall–Kier alpha value is -1.21. The fourth-order valence-electron chi connectivity index (χ4n) is 2.65. The standard InChI is InChI=1S/C13H22N4O2S/c1-3-14-13-15-9-12(10-16-13)20(18,19)17(4-2)11-7-5-6-8-11/h9-11H,3-8H2,1-2H3,(H,14,15,16). The number of hydrogen-bond donors (Lipinski definition) is 1. The molecule has 0 spiro atoms. The van der Waals surface area contributed by atoms with Crippen molar-refractivity contribution in [3.05, 3.63) is 12.4 Å². The third-order valence-electron chi connectivity index (χ3n) is 3.61. The highest BCUT2D eigenvalue weighted by molar-refractivity contribution is 7.89. The topological polar surface area (TPSA) is 75.2 Å². The van der Waals surface area contributed by atoms with Gasteiger partial charge in [0.05, 0.1) is 12.4 Å². The SMILES string of the molecule is CCNc1ncc(S(=O)(=O)N(CC)C2CCCC2)cn1. The lowest BCUT2D eigenvalue weighted by atomic mass is 10.2. The van der Waals surface area contributed by atoms with Gasteiger partial charge in [-0.05, 0) is 19.8 Å². The average molecular weight is 298 g/mol. The van der Waals surface area contributed by atoms with Crippen molar-refractivity contribution in [2.75, 3.05) is 18.4 Å². The van der Waals surface area contributed by atoms with E-state index in [1.165, 1.54) is 12.4 Å². The van der Waals surface area contributed by atoms with Crippen LogP contribution in [-0.2, 0) is 10.0 Å². The number of nitrogens with one attached hydrogen (secondary N) is 1. The van der Waals surface area contributed by atoms with Crippen molar-refractivity contribution >= 4 is 16.0 Å². The van der Waals surface area contributed by atoms with E-state index in [-0.39, 0.29) is 10.9 Å². The molecule has 2 rings (SSSR count). The molecule has 0 atom stereocenters. The molecule has 1 aliphatic rings. The zero-order valence-corrected chi connectivity index (χ0v) is 12.9. The van der Waals surface area contributed by atoms with Crippen molar-refractivity contribution in [1.29, 1.82) is 0 Å². The monoisotopic (exact) mass is 298 g/mol. The second-order valence-corrected chi connectivity index (χ2v) is 6.81. The molecule has 0 saturated heterocycles. The van der Waals surface area contributed by atoms with Crippen LogP contribution in [0.2, 0.25) is 0 Å². The molecule has 0 aliphatic heterocycles. The Kier molecular flexibility index (Phi) is 4.93. The van der Waals surface area contributed by atoms with Gasteiger partial charge in [-0.3, -0.25) is 0 Å². The highest BCUT2D eigenvalue weighted by Crippen LogP contribution is 2.28. The summed E-state index contributed by atoms with van der Waals surface area (Å²) in [5.41, 5.74) is 0. The van der Waals surface area contributed by atoms with Crippen LogP contribution in [0.3, 0.4) is 0 Å². The summed E-state index contributed by atoms with van der Waals surface area (Å²) in [5.74, 6) is 0.454. The first-order valence-corrected chi connectivity index (χ1v) is 8.61. The highest BCUT2D eigenvalue weighted by atomic mass is 32.2. The molecule has 0 bridgehead atoms. The van der Waals surface area contributed by atoms with Gasteiger partial charge >= 0.3 is 0 Å². The molecule has 0 radical (unpaired) electrons. The Labute approximate surface area is 120 Å². The van der Waals surface area contributed by atoms with Gasteiger partial charge in [-0.1, -0.05) is 19.8 Å². The predicted molar refractivity (Wildman–Crippen MR) is 78.0 cm³/mol. The van der Waals surface area contributed by atoms with E-state index in [1.807, 2.05) is 13.8 Å². The summed E-state index contributed by atoms with van der Waals surface area (Å²) in [5, 5.41) is 2.95. The first kappa shape index (κ1) is 15.2. The zero-order chi connectivity index (χ0) is 14.6. The molecule has 1 aromatic rings. The van der Waals surface area contributed by atoms with Crippen LogP contribution in [0, 0.1) is 0 Å². The molecule has 1 N–H and O–H groups in total. The maximum Gasteiger partial charge on any atom is 0.246 e. The molecule has 112 valence electrons. The van der Waals surface area contributed by atoms with Crippen molar-refractivity contribution < 1.29 is 8.42 Å². The normalized spacial score (nSPS) is 16.8. The van der Waals surface area contributed by atoms with Gasteiger partial charge in [0.15, 0.2) is 0 Å². The van der Waals surface area contributed by atoms with Gasteiger partial charge in [-0.15, -0.1) is 0 Å². The van der Waals surface area contributed by atoms with Gasteiger partial charge in [0.2, 0.25) is 16.0 Å². The van der Waals surface area contributed by atoms with Crippen molar-refractivity contribution in [2.24, 2.45) is 0 Å². The molecular formula is C13H22N4O2S. The van der Waals surface area contributed by atoms with Crippen LogP contribution in [-0.4, -0.2) is 41.8 Å². The van der Waals surface area contributed by atoms with Gasteiger partial charge < -0.3 is 5.32 Å². The Morgan fingerprint density at radius 3 is 2.35 bits per heavy atom. The lowest BCUT2D eigenvalue weighted by Crippen LogP contribution is -2.38. The molecule has 6 nitrogen and oxygen atoms in total. The highest BCUT2D eigenvalue weighted by Gasteiger charge is 2.32. The Morgan fingerprint density at radius 1 is 1.25 bits per heavy atom. The minimum absolute atomic E-state index is 0.124. The van der Waals surface area contributed by atoms with Crippen molar-refractivity contribution in [2.45, 2.75) is 50.5 Å². The van der Waals surface area contributed by atoms with Crippen LogP contribution in [0.15, 0.2) is 17.3 Å². The quantitative estimate of drug-likeness (QED) is 0.867. The first-order chi connectivity index (χ1) is 9.59. The van der Waals surface area contributed by atoms with Crippen molar-refractivity contribution in [3.8, 4) is 0 Å². The third kappa shape index (κ3) is 3.09. The van der Waals surface area contributed by atoms with Crippen LogP contribution >= 0.6 is 0 Å². The van der Waals surface area contributed by atoms with E-state index in [0.717, 1.165) is 25.7 Å². The predicted octanol–water partition coefficient (Wildman–Crippen LogP) is 1.86. The Balaban J connectivity index is 2.23. The summed E-state index contributed by atoms with van der Waals surface area (Å²) in [6.07, 6.45) is 6.88. The Bertz CT molecular complexity index is 524. The Morgan fingerprint density at radius 2 is 1.85 bits per heavy atom. The van der Waals surface area contributed by atoms with Crippen LogP contribution in [0.5, 0.6) is 0 Å². The van der Waals surface area contributed by atoms with Gasteiger partial charge in [0.1, 0.15) is 4.90 Å². The molecule has 0 unspecified atom stereocenters. The average Bonchev–Trinajstić information content (AvgIpc) is 2.94. The molecule has 1 aromatic heterocycles. The van der Waals surface area contributed by atoms with E-state index in [9.17, 15) is 8.42 Å². The number of hydrogen-bond acceptors (Lipinski definition) is 5. The smallest absolute Gasteiger partial charge is 0.246 e. The summed E-state index contributed by atoms with van der Waals surface area (Å²) in [7, 11) is -3.49. The summed E-state index contributed by atoms with van der Waals surface area (Å²) >= 11 is 0. The molecule has 1 aliphatic carbocycles. The molecule has 1 heterocycles. The fourth-order valence-corrected chi connectivity index (χ4v) is 4.24. The fraction of sp³-hybridized carbons (Fsp3) is 0.692. The molecule has 0 aromatic carbocycles. The van der Waals surface area contributed by atoms with Gasteiger partial charge in [0.25, 0.3) is 0 Å². The summed E-state index contributed by atoms with van der Waals surface area (Å²) < 4.78 is 26.9. The lowest BCUT2D eigenvalue weighted by Gasteiger charge is -2.26. The number of sulfonamides is 1. The molecule has 7 heteroatoms. The van der Waals surface area contributed by atoms with Crippen LogP contribution < -0.4 is 5.32 Å². The second kappa shape index (κ2) is 6.49. The molecule has 20 heavy (non-hydrogen) atoms. The van der Waals surface area contributed by atoms with E-state index >= 15 is 0 Å². The minimum Gasteiger partial charge on any atom is -0.355 e. The number of aromatic nitrogens is 2. The van der Waals surface area contributed by atoms with Crippen molar-refractivity contribution in [1.82, 2.24) is 14.3 Å². The summed E-state index contributed by atoms with van der Waals surface area (Å²) in [6.45, 7) is 5.01. The largest absolute Gasteiger partial charge is 0.355 e. The van der Waals surface area contributed by atoms with Crippen LogP contribution in [0.4, 0.5) is 5.95 Å². The van der Waals surface area contributed by atoms with E-state index in [0.29, 0.717) is 19.0 Å². The zero-order valence-electron chi connectivity index (χ0n) is 12.0.